The van der Waals surface area contributed by atoms with E-state index in [2.05, 4.69) is 15.3 Å². The van der Waals surface area contributed by atoms with Gasteiger partial charge in [0.15, 0.2) is 0 Å². The molecule has 1 N–H and O–H groups in total. The smallest absolute Gasteiger partial charge is 0.405 e. The quantitative estimate of drug-likeness (QED) is 0.511. The lowest BCUT2D eigenvalue weighted by Crippen LogP contribution is -2.23. The number of benzene rings is 1. The summed E-state index contributed by atoms with van der Waals surface area (Å²) < 4.78 is 44.3. The fourth-order valence-corrected chi connectivity index (χ4v) is 3.18. The van der Waals surface area contributed by atoms with E-state index < -0.39 is 12.7 Å². The van der Waals surface area contributed by atoms with Crippen molar-refractivity contribution < 1.29 is 17.9 Å². The van der Waals surface area contributed by atoms with Crippen molar-refractivity contribution in [1.82, 2.24) is 14.5 Å². The molecule has 0 aliphatic heterocycles. The number of alkyl halides is 3. The molecule has 1 aromatic carbocycles. The summed E-state index contributed by atoms with van der Waals surface area (Å²) in [5.41, 5.74) is 1.48. The van der Waals surface area contributed by atoms with Crippen molar-refractivity contribution in [3.8, 4) is 22.6 Å². The molecule has 0 fully saturated rings. The molecule has 0 bridgehead atoms. The maximum absolute atomic E-state index is 13.4. The lowest BCUT2D eigenvalue weighted by molar-refractivity contribution is -0.115. The van der Waals surface area contributed by atoms with Gasteiger partial charge in [-0.2, -0.15) is 13.2 Å². The highest BCUT2D eigenvalue weighted by atomic mass is 19.4. The number of nitrogens with zero attached hydrogens (tertiary/aromatic N) is 3. The van der Waals surface area contributed by atoms with Crippen LogP contribution < -0.4 is 15.6 Å². The Balaban J connectivity index is 1.92. The first-order chi connectivity index (χ1) is 14.9. The fourth-order valence-electron chi connectivity index (χ4n) is 3.18. The molecule has 0 aliphatic carbocycles. The molecule has 3 aromatic heterocycles. The molecule has 4 rings (SSSR count). The normalized spacial score (nSPS) is 11.5. The maximum Gasteiger partial charge on any atom is 0.405 e. The third-order valence-corrected chi connectivity index (χ3v) is 4.64. The summed E-state index contributed by atoms with van der Waals surface area (Å²) in [4.78, 5) is 21.7. The number of pyridine rings is 3. The second kappa shape index (κ2) is 8.10. The zero-order valence-corrected chi connectivity index (χ0v) is 16.3. The van der Waals surface area contributed by atoms with Crippen LogP contribution in [0.2, 0.25) is 0 Å². The van der Waals surface area contributed by atoms with Gasteiger partial charge in [0.2, 0.25) is 0 Å². The minimum Gasteiger partial charge on any atom is -0.497 e. The lowest BCUT2D eigenvalue weighted by atomic mass is 10.1. The van der Waals surface area contributed by atoms with Crippen molar-refractivity contribution >= 4 is 16.9 Å². The van der Waals surface area contributed by atoms with Crippen LogP contribution in [0.3, 0.4) is 0 Å². The van der Waals surface area contributed by atoms with E-state index in [-0.39, 0.29) is 17.0 Å². The first-order valence-electron chi connectivity index (χ1n) is 9.28. The van der Waals surface area contributed by atoms with Crippen LogP contribution in [0, 0.1) is 0 Å². The Bertz CT molecular complexity index is 1270. The van der Waals surface area contributed by atoms with Crippen molar-refractivity contribution in [3.05, 3.63) is 77.3 Å². The van der Waals surface area contributed by atoms with Gasteiger partial charge in [-0.3, -0.25) is 14.3 Å². The van der Waals surface area contributed by atoms with Gasteiger partial charge in [-0.05, 0) is 48.0 Å². The lowest BCUT2D eigenvalue weighted by Gasteiger charge is -2.15. The predicted octanol–water partition coefficient (Wildman–Crippen LogP) is 4.43. The summed E-state index contributed by atoms with van der Waals surface area (Å²) in [6.07, 6.45) is -1.33. The van der Waals surface area contributed by atoms with Crippen LogP contribution in [-0.2, 0) is 0 Å². The zero-order valence-electron chi connectivity index (χ0n) is 16.3. The second-order valence-electron chi connectivity index (χ2n) is 6.71. The minimum absolute atomic E-state index is 0.0178. The third-order valence-electron chi connectivity index (χ3n) is 4.64. The number of rotatable bonds is 5. The first-order valence-corrected chi connectivity index (χ1v) is 9.28. The van der Waals surface area contributed by atoms with Gasteiger partial charge in [0.1, 0.15) is 23.8 Å². The SMILES string of the molecule is COc1ccc(-c2cc3ccc(NCC(F)(F)F)nc3n(-c3ccncc3)c2=O)cc1. The standard InChI is InChI=1S/C22H17F3N4O2/c1-31-17-5-2-14(3-6-17)18-12-15-4-7-19(27-13-22(23,24)25)28-20(15)29(21(18)30)16-8-10-26-11-9-16/h2-12H,13H2,1H3,(H,27,28). The molecule has 0 radical (unpaired) electrons. The largest absolute Gasteiger partial charge is 0.497 e. The van der Waals surface area contributed by atoms with Crippen LogP contribution >= 0.6 is 0 Å². The first kappa shape index (κ1) is 20.4. The summed E-state index contributed by atoms with van der Waals surface area (Å²) in [6.45, 7) is -1.23. The molecule has 4 aromatic rings. The summed E-state index contributed by atoms with van der Waals surface area (Å²) in [6, 6.07) is 15.1. The van der Waals surface area contributed by atoms with E-state index >= 15 is 0 Å². The van der Waals surface area contributed by atoms with Crippen LogP contribution in [0.1, 0.15) is 0 Å². The average molecular weight is 426 g/mol. The number of anilines is 1. The average Bonchev–Trinajstić information content (AvgIpc) is 2.77. The van der Waals surface area contributed by atoms with E-state index in [9.17, 15) is 18.0 Å². The molecule has 0 saturated heterocycles. The van der Waals surface area contributed by atoms with Crippen molar-refractivity contribution in [2.45, 2.75) is 6.18 Å². The molecule has 3 heterocycles. The van der Waals surface area contributed by atoms with Gasteiger partial charge in [-0.25, -0.2) is 4.98 Å². The Kier molecular flexibility index (Phi) is 5.33. The molecule has 158 valence electrons. The van der Waals surface area contributed by atoms with Crippen LogP contribution in [0.15, 0.2) is 71.8 Å². The Labute approximate surface area is 175 Å². The predicted molar refractivity (Wildman–Crippen MR) is 112 cm³/mol. The van der Waals surface area contributed by atoms with E-state index in [4.69, 9.17) is 4.74 Å². The van der Waals surface area contributed by atoms with Gasteiger partial charge in [-0.15, -0.1) is 0 Å². The number of halogens is 3. The van der Waals surface area contributed by atoms with Crippen molar-refractivity contribution in [2.24, 2.45) is 0 Å². The highest BCUT2D eigenvalue weighted by Crippen LogP contribution is 2.25. The Morgan fingerprint density at radius 3 is 2.39 bits per heavy atom. The molecule has 31 heavy (non-hydrogen) atoms. The number of aromatic nitrogens is 3. The maximum atomic E-state index is 13.4. The molecular formula is C22H17F3N4O2. The number of fused-ring (bicyclic) bond motifs is 1. The van der Waals surface area contributed by atoms with E-state index in [1.165, 1.54) is 23.0 Å². The van der Waals surface area contributed by atoms with Crippen molar-refractivity contribution in [3.63, 3.8) is 0 Å². The van der Waals surface area contributed by atoms with E-state index in [0.29, 0.717) is 28.0 Å². The zero-order chi connectivity index (χ0) is 22.0. The number of ether oxygens (including phenoxy) is 1. The summed E-state index contributed by atoms with van der Waals surface area (Å²) in [7, 11) is 1.55. The van der Waals surface area contributed by atoms with Crippen molar-refractivity contribution in [2.75, 3.05) is 19.0 Å². The topological polar surface area (TPSA) is 69.0 Å². The van der Waals surface area contributed by atoms with Gasteiger partial charge in [0.25, 0.3) is 5.56 Å². The summed E-state index contributed by atoms with van der Waals surface area (Å²) >= 11 is 0. The molecule has 0 spiro atoms. The van der Waals surface area contributed by atoms with E-state index in [1.807, 2.05) is 0 Å². The molecule has 6 nitrogen and oxygen atoms in total. The number of hydrogen-bond donors (Lipinski definition) is 1. The minimum atomic E-state index is -4.39. The highest BCUT2D eigenvalue weighted by molar-refractivity contribution is 5.84. The van der Waals surface area contributed by atoms with Gasteiger partial charge in [-0.1, -0.05) is 12.1 Å². The Morgan fingerprint density at radius 2 is 1.74 bits per heavy atom. The van der Waals surface area contributed by atoms with Gasteiger partial charge in [0, 0.05) is 23.3 Å². The molecular weight excluding hydrogens is 409 g/mol. The number of nitrogens with one attached hydrogen (secondary N) is 1. The molecule has 0 saturated carbocycles. The van der Waals surface area contributed by atoms with Gasteiger partial charge < -0.3 is 10.1 Å². The van der Waals surface area contributed by atoms with E-state index in [1.54, 1.807) is 55.6 Å². The molecule has 0 atom stereocenters. The molecule has 0 unspecified atom stereocenters. The third kappa shape index (κ3) is 4.35. The van der Waals surface area contributed by atoms with Crippen LogP contribution in [0.4, 0.5) is 19.0 Å². The van der Waals surface area contributed by atoms with Gasteiger partial charge >= 0.3 is 6.18 Å². The van der Waals surface area contributed by atoms with Crippen molar-refractivity contribution in [1.29, 1.82) is 0 Å². The Hall–Kier alpha value is -3.88. The molecule has 0 aliphatic rings. The van der Waals surface area contributed by atoms with Gasteiger partial charge in [0.05, 0.1) is 12.8 Å². The number of methoxy groups -OCH3 is 1. The second-order valence-corrected chi connectivity index (χ2v) is 6.71. The summed E-state index contributed by atoms with van der Waals surface area (Å²) in [5, 5.41) is 2.85. The fraction of sp³-hybridized carbons (Fsp3) is 0.136. The van der Waals surface area contributed by atoms with Crippen LogP contribution in [-0.4, -0.2) is 34.4 Å². The summed E-state index contributed by atoms with van der Waals surface area (Å²) in [5.74, 6) is 0.672. The highest BCUT2D eigenvalue weighted by Gasteiger charge is 2.27. The Morgan fingerprint density at radius 1 is 1.03 bits per heavy atom. The van der Waals surface area contributed by atoms with Crippen LogP contribution in [0.5, 0.6) is 5.75 Å². The van der Waals surface area contributed by atoms with E-state index in [0.717, 1.165) is 0 Å². The number of hydrogen-bond acceptors (Lipinski definition) is 5. The van der Waals surface area contributed by atoms with Crippen LogP contribution in [0.25, 0.3) is 27.8 Å². The molecule has 9 heteroatoms. The monoisotopic (exact) mass is 426 g/mol. The molecule has 0 amide bonds.